The zero-order chi connectivity index (χ0) is 22.9. The maximum Gasteiger partial charge on any atom is 0.328 e. The van der Waals surface area contributed by atoms with Crippen molar-refractivity contribution in [3.8, 4) is 5.75 Å². The summed E-state index contributed by atoms with van der Waals surface area (Å²) >= 11 is 0. The number of nitrogens with zero attached hydrogens (tertiary/aromatic N) is 1. The highest BCUT2D eigenvalue weighted by molar-refractivity contribution is 5.79. The largest absolute Gasteiger partial charge is 0.496 e. The number of aromatic nitrogens is 2. The number of H-pyrrole nitrogens is 1. The van der Waals surface area contributed by atoms with Gasteiger partial charge in [0.1, 0.15) is 24.1 Å². The van der Waals surface area contributed by atoms with Gasteiger partial charge in [0.15, 0.2) is 5.79 Å². The Morgan fingerprint density at radius 3 is 2.72 bits per heavy atom. The number of carbonyl (C=O) groups is 1. The first-order valence-corrected chi connectivity index (χ1v) is 10.4. The molecule has 2 N–H and O–H groups in total. The molecule has 2 aromatic rings. The van der Waals surface area contributed by atoms with Crippen molar-refractivity contribution < 1.29 is 23.7 Å². The molecule has 0 unspecified atom stereocenters. The highest BCUT2D eigenvalue weighted by atomic mass is 16.8. The quantitative estimate of drug-likeness (QED) is 0.659. The Morgan fingerprint density at radius 2 is 1.97 bits per heavy atom. The number of aromatic amines is 1. The van der Waals surface area contributed by atoms with E-state index in [2.05, 4.69) is 10.3 Å². The molecule has 2 fully saturated rings. The third-order valence-corrected chi connectivity index (χ3v) is 5.64. The van der Waals surface area contributed by atoms with Crippen LogP contribution >= 0.6 is 0 Å². The number of nitrogens with one attached hydrogen (secondary N) is 2. The summed E-state index contributed by atoms with van der Waals surface area (Å²) in [6.07, 6.45) is 0.144. The maximum atomic E-state index is 12.5. The molecule has 2 saturated heterocycles. The Labute approximate surface area is 184 Å². The third-order valence-electron chi connectivity index (χ3n) is 5.64. The molecule has 1 aromatic carbocycles. The molecule has 0 spiro atoms. The zero-order valence-corrected chi connectivity index (χ0v) is 18.2. The van der Waals surface area contributed by atoms with Crippen molar-refractivity contribution in [1.82, 2.24) is 14.9 Å². The van der Waals surface area contributed by atoms with E-state index in [4.69, 9.17) is 18.9 Å². The zero-order valence-electron chi connectivity index (χ0n) is 18.2. The Balaban J connectivity index is 1.45. The van der Waals surface area contributed by atoms with E-state index >= 15 is 0 Å². The van der Waals surface area contributed by atoms with Crippen molar-refractivity contribution in [1.29, 1.82) is 0 Å². The van der Waals surface area contributed by atoms with Gasteiger partial charge in [-0.05, 0) is 19.9 Å². The Morgan fingerprint density at radius 1 is 1.22 bits per heavy atom. The lowest BCUT2D eigenvalue weighted by Gasteiger charge is -2.37. The molecule has 3 heterocycles. The van der Waals surface area contributed by atoms with Gasteiger partial charge in [-0.3, -0.25) is 19.1 Å². The van der Waals surface area contributed by atoms with E-state index in [1.165, 1.54) is 16.8 Å². The van der Waals surface area contributed by atoms with Crippen LogP contribution in [0.4, 0.5) is 0 Å². The van der Waals surface area contributed by atoms with Crippen LogP contribution in [0.2, 0.25) is 0 Å². The summed E-state index contributed by atoms with van der Waals surface area (Å²) in [5, 5.41) is 2.89. The van der Waals surface area contributed by atoms with Crippen molar-refractivity contribution in [3.63, 3.8) is 0 Å². The molecule has 4 atom stereocenters. The van der Waals surface area contributed by atoms with Crippen LogP contribution in [0.1, 0.15) is 25.5 Å². The molecule has 2 aliphatic rings. The van der Waals surface area contributed by atoms with Gasteiger partial charge in [-0.1, -0.05) is 18.2 Å². The van der Waals surface area contributed by atoms with Crippen LogP contribution in [0.5, 0.6) is 5.75 Å². The van der Waals surface area contributed by atoms with Gasteiger partial charge in [-0.2, -0.15) is 0 Å². The fourth-order valence-electron chi connectivity index (χ4n) is 4.22. The third kappa shape index (κ3) is 4.62. The van der Waals surface area contributed by atoms with Crippen LogP contribution in [0.15, 0.2) is 46.1 Å². The van der Waals surface area contributed by atoms with Crippen LogP contribution in [-0.4, -0.2) is 59.8 Å². The van der Waals surface area contributed by atoms with Gasteiger partial charge in [-0.15, -0.1) is 0 Å². The Kier molecular flexibility index (Phi) is 6.18. The number of benzene rings is 1. The number of methoxy groups -OCH3 is 1. The van der Waals surface area contributed by atoms with Crippen LogP contribution in [0.3, 0.4) is 0 Å². The molecule has 172 valence electrons. The molecule has 0 radical (unpaired) electrons. The highest BCUT2D eigenvalue weighted by Gasteiger charge is 2.52. The van der Waals surface area contributed by atoms with Gasteiger partial charge in [0.2, 0.25) is 5.91 Å². The molecule has 0 saturated carbocycles. The minimum absolute atomic E-state index is 0.166. The minimum atomic E-state index is -0.882. The van der Waals surface area contributed by atoms with E-state index in [1.54, 1.807) is 21.0 Å². The van der Waals surface area contributed by atoms with Crippen LogP contribution < -0.4 is 21.3 Å². The predicted molar refractivity (Wildman–Crippen MR) is 114 cm³/mol. The number of fused-ring (bicyclic) bond motifs is 1. The summed E-state index contributed by atoms with van der Waals surface area (Å²) in [5.41, 5.74) is -0.227. The van der Waals surface area contributed by atoms with Crippen LogP contribution in [0, 0.1) is 0 Å². The molecular weight excluding hydrogens is 418 g/mol. The first kappa shape index (κ1) is 22.3. The molecule has 32 heavy (non-hydrogen) atoms. The van der Waals surface area contributed by atoms with E-state index < -0.39 is 41.4 Å². The maximum absolute atomic E-state index is 12.5. The summed E-state index contributed by atoms with van der Waals surface area (Å²) in [4.78, 5) is 38.5. The lowest BCUT2D eigenvalue weighted by molar-refractivity contribution is -0.153. The Hall–Kier alpha value is -2.95. The summed E-state index contributed by atoms with van der Waals surface area (Å²) < 4.78 is 24.8. The number of amides is 1. The standard InChI is InChI=1S/C22H27N3O7/c1-22(2)31-19-14(25-9-8-17(26)24-21(25)28)12-30-16(20(19)32-22)11-23-18(27)10-13-6-4-5-7-15(13)29-3/h4-9,14,16,19-20H,10-12H2,1-3H3,(H,23,27)(H,24,26,28)/t14-,16-,19+,20-/m1/s1. The minimum Gasteiger partial charge on any atom is -0.496 e. The second-order valence-corrected chi connectivity index (χ2v) is 8.31. The summed E-state index contributed by atoms with van der Waals surface area (Å²) in [6.45, 7) is 3.96. The highest BCUT2D eigenvalue weighted by Crippen LogP contribution is 2.39. The van der Waals surface area contributed by atoms with Gasteiger partial charge < -0.3 is 24.3 Å². The molecular formula is C22H27N3O7. The topological polar surface area (TPSA) is 121 Å². The first-order chi connectivity index (χ1) is 15.3. The van der Waals surface area contributed by atoms with Crippen molar-refractivity contribution in [2.75, 3.05) is 20.3 Å². The Bertz CT molecular complexity index is 1090. The fourth-order valence-corrected chi connectivity index (χ4v) is 4.22. The summed E-state index contributed by atoms with van der Waals surface area (Å²) in [7, 11) is 1.57. The molecule has 10 heteroatoms. The molecule has 4 rings (SSSR count). The SMILES string of the molecule is COc1ccccc1CC(=O)NC[C@H]1OC[C@@H](n2ccc(=O)[nH]c2=O)[C@@H]2OC(C)(C)O[C@@H]21. The number of hydrogen-bond acceptors (Lipinski definition) is 7. The van der Waals surface area contributed by atoms with E-state index in [9.17, 15) is 14.4 Å². The molecule has 10 nitrogen and oxygen atoms in total. The van der Waals surface area contributed by atoms with Crippen molar-refractivity contribution >= 4 is 5.91 Å². The second-order valence-electron chi connectivity index (χ2n) is 8.31. The van der Waals surface area contributed by atoms with Gasteiger partial charge in [0.25, 0.3) is 5.56 Å². The van der Waals surface area contributed by atoms with E-state index in [0.717, 1.165) is 5.56 Å². The molecule has 2 aliphatic heterocycles. The van der Waals surface area contributed by atoms with Gasteiger partial charge in [0.05, 0.1) is 26.2 Å². The van der Waals surface area contributed by atoms with E-state index in [0.29, 0.717) is 5.75 Å². The van der Waals surface area contributed by atoms with Crippen molar-refractivity contribution in [3.05, 3.63) is 62.9 Å². The predicted octanol–water partition coefficient (Wildman–Crippen LogP) is 0.364. The smallest absolute Gasteiger partial charge is 0.328 e. The van der Waals surface area contributed by atoms with Crippen LogP contribution in [-0.2, 0) is 25.4 Å². The number of carbonyl (C=O) groups excluding carboxylic acids is 1. The van der Waals surface area contributed by atoms with E-state index in [1.807, 2.05) is 24.3 Å². The normalized spacial score (nSPS) is 26.3. The number of hydrogen-bond donors (Lipinski definition) is 2. The number of rotatable bonds is 6. The number of ether oxygens (including phenoxy) is 4. The van der Waals surface area contributed by atoms with Gasteiger partial charge in [0, 0.05) is 24.4 Å². The van der Waals surface area contributed by atoms with Crippen molar-refractivity contribution in [2.24, 2.45) is 0 Å². The fraction of sp³-hybridized carbons (Fsp3) is 0.500. The van der Waals surface area contributed by atoms with E-state index in [-0.39, 0.29) is 25.5 Å². The average molecular weight is 445 g/mol. The van der Waals surface area contributed by atoms with Gasteiger partial charge >= 0.3 is 5.69 Å². The van der Waals surface area contributed by atoms with Crippen LogP contribution in [0.25, 0.3) is 0 Å². The molecule has 0 bridgehead atoms. The molecule has 1 amide bonds. The summed E-state index contributed by atoms with van der Waals surface area (Å²) in [6, 6.07) is 8.15. The number of para-hydroxylation sites is 1. The molecule has 1 aromatic heterocycles. The molecule has 0 aliphatic carbocycles. The lowest BCUT2D eigenvalue weighted by atomic mass is 9.97. The first-order valence-electron chi connectivity index (χ1n) is 10.4. The monoisotopic (exact) mass is 445 g/mol. The van der Waals surface area contributed by atoms with Crippen molar-refractivity contribution in [2.45, 2.75) is 50.4 Å². The van der Waals surface area contributed by atoms with Gasteiger partial charge in [-0.25, -0.2) is 4.79 Å². The summed E-state index contributed by atoms with van der Waals surface area (Å²) in [5.74, 6) is -0.404. The second kappa shape index (κ2) is 8.89. The lowest BCUT2D eigenvalue weighted by Crippen LogP contribution is -2.54. The average Bonchev–Trinajstić information content (AvgIpc) is 3.08.